The van der Waals surface area contributed by atoms with Crippen LogP contribution in [0.3, 0.4) is 0 Å². The van der Waals surface area contributed by atoms with Gasteiger partial charge in [-0.1, -0.05) is 13.8 Å². The Bertz CT molecular complexity index is 220. The maximum atomic E-state index is 11.2. The van der Waals surface area contributed by atoms with Gasteiger partial charge >= 0.3 is 5.97 Å². The van der Waals surface area contributed by atoms with Crippen LogP contribution in [0.2, 0.25) is 0 Å². The maximum Gasteiger partial charge on any atom is 0.309 e. The number of carbonyl (C=O) groups excluding carboxylic acids is 1. The fourth-order valence-corrected chi connectivity index (χ4v) is 1.94. The first-order chi connectivity index (χ1) is 7.04. The number of β-amino-alcohol motifs (C(OH)–C–C–N with tert-alkyl or cyclic N) is 1. The normalized spacial score (nSPS) is 29.9. The molecule has 1 fully saturated rings. The van der Waals surface area contributed by atoms with Gasteiger partial charge in [-0.15, -0.1) is 0 Å². The molecule has 0 aliphatic carbocycles. The standard InChI is InChI=1S/C11H21NO3/c1-8-4-5-12(7-10(8)13)6-9(2)11(14)15-3/h8-10,13H,4-7H2,1-3H3. The van der Waals surface area contributed by atoms with Crippen LogP contribution in [0, 0.1) is 11.8 Å². The highest BCUT2D eigenvalue weighted by atomic mass is 16.5. The molecule has 15 heavy (non-hydrogen) atoms. The first-order valence-electron chi connectivity index (χ1n) is 5.52. The number of esters is 1. The quantitative estimate of drug-likeness (QED) is 0.696. The van der Waals surface area contributed by atoms with E-state index in [0.29, 0.717) is 19.0 Å². The van der Waals surface area contributed by atoms with Crippen molar-refractivity contribution in [3.05, 3.63) is 0 Å². The molecule has 88 valence electrons. The molecule has 1 saturated heterocycles. The molecular weight excluding hydrogens is 194 g/mol. The summed E-state index contributed by atoms with van der Waals surface area (Å²) in [7, 11) is 1.41. The van der Waals surface area contributed by atoms with E-state index in [9.17, 15) is 9.90 Å². The molecule has 4 heteroatoms. The molecule has 1 aliphatic heterocycles. The Morgan fingerprint density at radius 2 is 2.33 bits per heavy atom. The van der Waals surface area contributed by atoms with Gasteiger partial charge in [-0.3, -0.25) is 9.69 Å². The summed E-state index contributed by atoms with van der Waals surface area (Å²) in [5, 5.41) is 9.70. The first-order valence-corrected chi connectivity index (χ1v) is 5.52. The molecule has 3 atom stereocenters. The van der Waals surface area contributed by atoms with Crippen LogP contribution < -0.4 is 0 Å². The van der Waals surface area contributed by atoms with Crippen molar-refractivity contribution in [3.63, 3.8) is 0 Å². The summed E-state index contributed by atoms with van der Waals surface area (Å²) < 4.78 is 4.67. The Morgan fingerprint density at radius 1 is 1.67 bits per heavy atom. The van der Waals surface area contributed by atoms with Crippen LogP contribution in [-0.2, 0) is 9.53 Å². The summed E-state index contributed by atoms with van der Waals surface area (Å²) in [5.41, 5.74) is 0. The Labute approximate surface area is 91.2 Å². The van der Waals surface area contributed by atoms with Gasteiger partial charge in [0.15, 0.2) is 0 Å². The van der Waals surface area contributed by atoms with Crippen molar-refractivity contribution in [1.29, 1.82) is 0 Å². The van der Waals surface area contributed by atoms with Crippen molar-refractivity contribution in [1.82, 2.24) is 4.90 Å². The number of nitrogens with zero attached hydrogens (tertiary/aromatic N) is 1. The molecule has 1 heterocycles. The summed E-state index contributed by atoms with van der Waals surface area (Å²) in [6.07, 6.45) is 0.735. The number of hydrogen-bond acceptors (Lipinski definition) is 4. The lowest BCUT2D eigenvalue weighted by Gasteiger charge is -2.35. The largest absolute Gasteiger partial charge is 0.469 e. The predicted octanol–water partition coefficient (Wildman–Crippen LogP) is 0.498. The molecule has 1 N–H and O–H groups in total. The molecule has 0 spiro atoms. The van der Waals surface area contributed by atoms with Gasteiger partial charge in [0, 0.05) is 13.1 Å². The van der Waals surface area contributed by atoms with Crippen LogP contribution in [0.5, 0.6) is 0 Å². The van der Waals surface area contributed by atoms with Crippen molar-refractivity contribution < 1.29 is 14.6 Å². The van der Waals surface area contributed by atoms with Gasteiger partial charge in [-0.25, -0.2) is 0 Å². The van der Waals surface area contributed by atoms with Crippen LogP contribution >= 0.6 is 0 Å². The van der Waals surface area contributed by atoms with Gasteiger partial charge in [0.1, 0.15) is 0 Å². The molecule has 0 bridgehead atoms. The number of aliphatic hydroxyl groups is 1. The van der Waals surface area contributed by atoms with Crippen LogP contribution in [0.1, 0.15) is 20.3 Å². The zero-order valence-corrected chi connectivity index (χ0v) is 9.77. The molecule has 0 saturated carbocycles. The lowest BCUT2D eigenvalue weighted by atomic mass is 9.95. The van der Waals surface area contributed by atoms with Gasteiger partial charge in [-0.2, -0.15) is 0 Å². The fraction of sp³-hybridized carbons (Fsp3) is 0.909. The molecule has 0 radical (unpaired) electrons. The molecule has 4 nitrogen and oxygen atoms in total. The van der Waals surface area contributed by atoms with E-state index in [0.717, 1.165) is 13.0 Å². The highest BCUT2D eigenvalue weighted by Gasteiger charge is 2.26. The minimum absolute atomic E-state index is 0.115. The molecule has 1 aliphatic rings. The molecule has 3 unspecified atom stereocenters. The predicted molar refractivity (Wildman–Crippen MR) is 57.4 cm³/mol. The minimum Gasteiger partial charge on any atom is -0.469 e. The summed E-state index contributed by atoms with van der Waals surface area (Å²) in [5.74, 6) is 0.0772. The average molecular weight is 215 g/mol. The number of aliphatic hydroxyl groups excluding tert-OH is 1. The smallest absolute Gasteiger partial charge is 0.309 e. The van der Waals surface area contributed by atoms with Crippen LogP contribution in [0.25, 0.3) is 0 Å². The molecule has 1 rings (SSSR count). The van der Waals surface area contributed by atoms with E-state index in [1.54, 1.807) is 0 Å². The summed E-state index contributed by atoms with van der Waals surface area (Å²) in [4.78, 5) is 13.4. The maximum absolute atomic E-state index is 11.2. The van der Waals surface area contributed by atoms with Crippen molar-refractivity contribution >= 4 is 5.97 Å². The Morgan fingerprint density at radius 3 is 2.87 bits per heavy atom. The lowest BCUT2D eigenvalue weighted by molar-refractivity contribution is -0.145. The minimum atomic E-state index is -0.261. The number of ether oxygens (including phenoxy) is 1. The van der Waals surface area contributed by atoms with Crippen LogP contribution in [-0.4, -0.2) is 48.8 Å². The second-order valence-electron chi connectivity index (χ2n) is 4.52. The van der Waals surface area contributed by atoms with Crippen LogP contribution in [0.4, 0.5) is 0 Å². The van der Waals surface area contributed by atoms with E-state index in [1.165, 1.54) is 7.11 Å². The molecular formula is C11H21NO3. The highest BCUT2D eigenvalue weighted by Crippen LogP contribution is 2.17. The Balaban J connectivity index is 2.36. The van der Waals surface area contributed by atoms with E-state index in [4.69, 9.17) is 0 Å². The van der Waals surface area contributed by atoms with Gasteiger partial charge in [0.05, 0.1) is 19.1 Å². The van der Waals surface area contributed by atoms with Gasteiger partial charge in [0.25, 0.3) is 0 Å². The second-order valence-corrected chi connectivity index (χ2v) is 4.52. The van der Waals surface area contributed by atoms with E-state index in [2.05, 4.69) is 16.6 Å². The van der Waals surface area contributed by atoms with Crippen LogP contribution in [0.15, 0.2) is 0 Å². The summed E-state index contributed by atoms with van der Waals surface area (Å²) in [6, 6.07) is 0. The van der Waals surface area contributed by atoms with Crippen molar-refractivity contribution in [2.75, 3.05) is 26.7 Å². The van der Waals surface area contributed by atoms with E-state index < -0.39 is 0 Å². The number of methoxy groups -OCH3 is 1. The van der Waals surface area contributed by atoms with Crippen molar-refractivity contribution in [3.8, 4) is 0 Å². The number of likely N-dealkylation sites (tertiary alicyclic amines) is 1. The Hall–Kier alpha value is -0.610. The highest BCUT2D eigenvalue weighted by molar-refractivity contribution is 5.72. The zero-order valence-electron chi connectivity index (χ0n) is 9.77. The second kappa shape index (κ2) is 5.47. The third-order valence-electron chi connectivity index (χ3n) is 3.14. The number of rotatable bonds is 3. The molecule has 0 aromatic heterocycles. The van der Waals surface area contributed by atoms with E-state index in [1.807, 2.05) is 6.92 Å². The zero-order chi connectivity index (χ0) is 11.4. The van der Waals surface area contributed by atoms with Gasteiger partial charge in [0.2, 0.25) is 0 Å². The van der Waals surface area contributed by atoms with E-state index in [-0.39, 0.29) is 18.0 Å². The number of piperidine rings is 1. The molecule has 0 amide bonds. The van der Waals surface area contributed by atoms with Gasteiger partial charge < -0.3 is 9.84 Å². The van der Waals surface area contributed by atoms with Crippen molar-refractivity contribution in [2.45, 2.75) is 26.4 Å². The first kappa shape index (κ1) is 12.5. The monoisotopic (exact) mass is 215 g/mol. The topological polar surface area (TPSA) is 49.8 Å². The van der Waals surface area contributed by atoms with E-state index >= 15 is 0 Å². The molecule has 0 aromatic carbocycles. The number of carbonyl (C=O) groups is 1. The Kier molecular flexibility index (Phi) is 4.54. The van der Waals surface area contributed by atoms with Gasteiger partial charge in [-0.05, 0) is 18.9 Å². The molecule has 0 aromatic rings. The third kappa shape index (κ3) is 3.47. The summed E-state index contributed by atoms with van der Waals surface area (Å²) >= 11 is 0. The SMILES string of the molecule is COC(=O)C(C)CN1CCC(C)C(O)C1. The number of hydrogen-bond donors (Lipinski definition) is 1. The summed E-state index contributed by atoms with van der Waals surface area (Å²) in [6.45, 7) is 6.22. The van der Waals surface area contributed by atoms with Crippen molar-refractivity contribution in [2.24, 2.45) is 11.8 Å². The average Bonchev–Trinajstić information content (AvgIpc) is 2.22. The fourth-order valence-electron chi connectivity index (χ4n) is 1.94. The third-order valence-corrected chi connectivity index (χ3v) is 3.14. The lowest BCUT2D eigenvalue weighted by Crippen LogP contribution is -2.45.